The maximum atomic E-state index is 12.4. The van der Waals surface area contributed by atoms with E-state index in [1.807, 2.05) is 6.92 Å². The summed E-state index contributed by atoms with van der Waals surface area (Å²) >= 11 is 0. The summed E-state index contributed by atoms with van der Waals surface area (Å²) in [6.07, 6.45) is 21.7. The number of ether oxygens (including phenoxy) is 2. The molecule has 234 valence electrons. The zero-order valence-electron chi connectivity index (χ0n) is 26.2. The predicted molar refractivity (Wildman–Crippen MR) is 163 cm³/mol. The van der Waals surface area contributed by atoms with Crippen LogP contribution in [0.4, 0.5) is 0 Å². The van der Waals surface area contributed by atoms with Crippen molar-refractivity contribution in [2.24, 2.45) is 0 Å². The summed E-state index contributed by atoms with van der Waals surface area (Å²) in [6.45, 7) is 11.4. The van der Waals surface area contributed by atoms with E-state index in [-0.39, 0.29) is 25.3 Å². The van der Waals surface area contributed by atoms with Crippen LogP contribution in [0.5, 0.6) is 0 Å². The average Bonchev–Trinajstić information content (AvgIpc) is 2.91. The third-order valence-corrected chi connectivity index (χ3v) is 8.75. The molecule has 0 rings (SSSR count). The lowest BCUT2D eigenvalue weighted by atomic mass is 10.0. The van der Waals surface area contributed by atoms with Gasteiger partial charge < -0.3 is 23.8 Å². The van der Waals surface area contributed by atoms with Crippen molar-refractivity contribution in [2.75, 3.05) is 45.6 Å². The Hall–Kier alpha value is -0.460. The van der Waals surface area contributed by atoms with Crippen molar-refractivity contribution < 1.29 is 33.2 Å². The van der Waals surface area contributed by atoms with Crippen LogP contribution >= 0.6 is 7.60 Å². The van der Waals surface area contributed by atoms with Gasteiger partial charge in [0.2, 0.25) is 0 Å². The molecule has 0 aliphatic carbocycles. The molecule has 2 unspecified atom stereocenters. The van der Waals surface area contributed by atoms with Crippen molar-refractivity contribution in [1.82, 2.24) is 0 Å². The summed E-state index contributed by atoms with van der Waals surface area (Å²) in [5.74, 6) is -0.322. The zero-order valence-corrected chi connectivity index (χ0v) is 27.1. The molecule has 8 heteroatoms. The fourth-order valence-electron chi connectivity index (χ4n) is 4.70. The number of carbonyl (C=O) groups excluding carboxylic acids is 1. The summed E-state index contributed by atoms with van der Waals surface area (Å²) in [4.78, 5) is 23.5. The fraction of sp³-hybridized carbons (Fsp3) is 0.968. The summed E-state index contributed by atoms with van der Waals surface area (Å²) in [5.41, 5.74) is 0. The van der Waals surface area contributed by atoms with Gasteiger partial charge in [0, 0.05) is 13.0 Å². The summed E-state index contributed by atoms with van der Waals surface area (Å²) in [7, 11) is -3.73. The van der Waals surface area contributed by atoms with Crippen molar-refractivity contribution in [1.29, 1.82) is 0 Å². The largest absolute Gasteiger partial charge is 0.457 e. The molecule has 0 aromatic carbocycles. The minimum absolute atomic E-state index is 0.0969. The molecule has 0 aliphatic rings. The number of rotatable bonds is 30. The quantitative estimate of drug-likeness (QED) is 0.0537. The summed E-state index contributed by atoms with van der Waals surface area (Å²) in [6, 6.07) is 0. The van der Waals surface area contributed by atoms with Gasteiger partial charge in [-0.1, -0.05) is 110 Å². The van der Waals surface area contributed by atoms with Crippen LogP contribution in [0.3, 0.4) is 0 Å². The van der Waals surface area contributed by atoms with E-state index in [1.54, 1.807) is 0 Å². The Balaban J connectivity index is 3.90. The molecule has 39 heavy (non-hydrogen) atoms. The van der Waals surface area contributed by atoms with Crippen LogP contribution in [0.2, 0.25) is 0 Å². The third kappa shape index (κ3) is 26.2. The number of quaternary nitrogens is 1. The maximum absolute atomic E-state index is 12.4. The van der Waals surface area contributed by atoms with Gasteiger partial charge in [-0.15, -0.1) is 0 Å². The summed E-state index contributed by atoms with van der Waals surface area (Å²) in [5, 5.41) is 0. The van der Waals surface area contributed by atoms with Crippen LogP contribution in [-0.2, 0) is 23.4 Å². The monoisotopic (exact) mass is 578 g/mol. The van der Waals surface area contributed by atoms with Crippen LogP contribution < -0.4 is 4.90 Å². The highest BCUT2D eigenvalue weighted by atomic mass is 31.2. The van der Waals surface area contributed by atoms with Gasteiger partial charge in [0.25, 0.3) is 0 Å². The standard InChI is InChI=1S/C31H64NO6P/c1-5-9-10-11-12-13-14-15-16-17-18-19-20-21-22-23-26-36-28-30(38-31(33)24-6-2)29-37-39(34,35)27-25-32(7-3)8-4/h30H,5-29H2,1-4H3,(H,34,35)/p+1. The number of unbranched alkanes of at least 4 members (excludes halogenated alkanes) is 15. The molecular weight excluding hydrogens is 513 g/mol. The van der Waals surface area contributed by atoms with Crippen molar-refractivity contribution in [2.45, 2.75) is 149 Å². The zero-order chi connectivity index (χ0) is 29.0. The molecule has 0 radical (unpaired) electrons. The highest BCUT2D eigenvalue weighted by Gasteiger charge is 2.25. The SMILES string of the molecule is CCCCCCCCCCCCCCCCCCOCC(COP(=O)(O)CC[NH+](CC)CC)OC(=O)CCC. The van der Waals surface area contributed by atoms with Gasteiger partial charge in [-0.2, -0.15) is 0 Å². The fourth-order valence-corrected chi connectivity index (χ4v) is 5.83. The molecule has 0 saturated heterocycles. The molecule has 0 spiro atoms. The van der Waals surface area contributed by atoms with Gasteiger partial charge >= 0.3 is 13.6 Å². The van der Waals surface area contributed by atoms with Gasteiger partial charge in [0.1, 0.15) is 6.10 Å². The molecule has 2 atom stereocenters. The van der Waals surface area contributed by atoms with E-state index in [0.717, 1.165) is 25.9 Å². The molecular formula is C31H65NO6P+. The Bertz CT molecular complexity index is 587. The van der Waals surface area contributed by atoms with Gasteiger partial charge in [0.05, 0.1) is 39.0 Å². The first-order valence-corrected chi connectivity index (χ1v) is 18.2. The van der Waals surface area contributed by atoms with Gasteiger partial charge in [-0.25, -0.2) is 0 Å². The Morgan fingerprint density at radius 3 is 1.67 bits per heavy atom. The number of nitrogens with one attached hydrogen (secondary N) is 1. The normalized spacial score (nSPS) is 14.0. The van der Waals surface area contributed by atoms with E-state index in [0.29, 0.717) is 26.0 Å². The van der Waals surface area contributed by atoms with E-state index < -0.39 is 13.7 Å². The third-order valence-electron chi connectivity index (χ3n) is 7.41. The average molecular weight is 579 g/mol. The molecule has 0 saturated carbocycles. The first kappa shape index (κ1) is 38.5. The van der Waals surface area contributed by atoms with E-state index in [2.05, 4.69) is 20.8 Å². The maximum Gasteiger partial charge on any atom is 0.333 e. The molecule has 0 aromatic rings. The van der Waals surface area contributed by atoms with E-state index >= 15 is 0 Å². The van der Waals surface area contributed by atoms with Crippen molar-refractivity contribution in [3.63, 3.8) is 0 Å². The molecule has 0 fully saturated rings. The van der Waals surface area contributed by atoms with Crippen LogP contribution in [0.15, 0.2) is 0 Å². The van der Waals surface area contributed by atoms with Crippen molar-refractivity contribution >= 4 is 13.6 Å². The number of hydrogen-bond acceptors (Lipinski definition) is 5. The van der Waals surface area contributed by atoms with E-state index in [9.17, 15) is 14.3 Å². The number of carbonyl (C=O) groups is 1. The lowest BCUT2D eigenvalue weighted by molar-refractivity contribution is -0.893. The van der Waals surface area contributed by atoms with Crippen molar-refractivity contribution in [3.8, 4) is 0 Å². The molecule has 0 bridgehead atoms. The Labute approximate surface area is 241 Å². The Kier molecular flexibility index (Phi) is 27.4. The van der Waals surface area contributed by atoms with E-state index in [4.69, 9.17) is 14.0 Å². The lowest BCUT2D eigenvalue weighted by Crippen LogP contribution is -3.11. The van der Waals surface area contributed by atoms with Crippen LogP contribution in [0, 0.1) is 0 Å². The van der Waals surface area contributed by atoms with Gasteiger partial charge in [-0.3, -0.25) is 9.36 Å². The van der Waals surface area contributed by atoms with Crippen molar-refractivity contribution in [3.05, 3.63) is 0 Å². The molecule has 0 heterocycles. The second-order valence-electron chi connectivity index (χ2n) is 11.1. The first-order valence-electron chi connectivity index (χ1n) is 16.5. The summed E-state index contributed by atoms with van der Waals surface area (Å²) < 4.78 is 29.0. The van der Waals surface area contributed by atoms with Crippen LogP contribution in [-0.4, -0.2) is 62.6 Å². The smallest absolute Gasteiger partial charge is 0.333 e. The highest BCUT2D eigenvalue weighted by Crippen LogP contribution is 2.41. The Morgan fingerprint density at radius 1 is 0.718 bits per heavy atom. The van der Waals surface area contributed by atoms with Crippen LogP contribution in [0.1, 0.15) is 143 Å². The number of hydrogen-bond donors (Lipinski definition) is 2. The molecule has 2 N–H and O–H groups in total. The molecule has 0 amide bonds. The topological polar surface area (TPSA) is 86.5 Å². The van der Waals surface area contributed by atoms with Crippen LogP contribution in [0.25, 0.3) is 0 Å². The minimum Gasteiger partial charge on any atom is -0.457 e. The predicted octanol–water partition coefficient (Wildman–Crippen LogP) is 7.10. The number of esters is 1. The second-order valence-corrected chi connectivity index (χ2v) is 13.1. The first-order chi connectivity index (χ1) is 18.9. The lowest BCUT2D eigenvalue weighted by Gasteiger charge is -2.21. The molecule has 0 aliphatic heterocycles. The van der Waals surface area contributed by atoms with Gasteiger partial charge in [-0.05, 0) is 26.7 Å². The highest BCUT2D eigenvalue weighted by molar-refractivity contribution is 7.52. The molecule has 0 aromatic heterocycles. The van der Waals surface area contributed by atoms with E-state index in [1.165, 1.54) is 94.8 Å². The minimum atomic E-state index is -3.73. The van der Waals surface area contributed by atoms with Gasteiger partial charge in [0.15, 0.2) is 0 Å². The Morgan fingerprint density at radius 2 is 1.21 bits per heavy atom. The molecule has 7 nitrogen and oxygen atoms in total. The second kappa shape index (κ2) is 27.7.